The minimum absolute atomic E-state index is 0.00465. The first kappa shape index (κ1) is 33.4. The van der Waals surface area contributed by atoms with Gasteiger partial charge in [0.2, 0.25) is 28.6 Å². The number of nitrogens with one attached hydrogen (secondary N) is 1. The Balaban J connectivity index is 1.59. The minimum Gasteiger partial charge on any atom is -0.454 e. The second kappa shape index (κ2) is 15.5. The summed E-state index contributed by atoms with van der Waals surface area (Å²) in [5.74, 6) is 0.423. The molecule has 0 aromatic heterocycles. The van der Waals surface area contributed by atoms with Gasteiger partial charge in [-0.25, -0.2) is 8.42 Å². The third-order valence-corrected chi connectivity index (χ3v) is 9.03. The van der Waals surface area contributed by atoms with E-state index in [0.29, 0.717) is 45.8 Å². The predicted octanol–water partition coefficient (Wildman–Crippen LogP) is 5.82. The standard InChI is InChI=1S/C32H37Cl2N3O6S/c1-3-4-16-35-32(39)28(18-23-9-6-5-7-10-23)36(21-24-12-13-25(33)19-27(24)34)31(38)11-8-17-37(44(2,40)41)26-14-15-29-30(20-26)43-22-42-29/h5-7,9-10,12-15,19-20,28H,3-4,8,11,16-18,21-22H2,1-2H3,(H,35,39). The lowest BCUT2D eigenvalue weighted by Crippen LogP contribution is -2.50. The summed E-state index contributed by atoms with van der Waals surface area (Å²) < 4.78 is 37.5. The fourth-order valence-electron chi connectivity index (χ4n) is 4.94. The molecule has 2 amide bonds. The number of halogens is 2. The molecule has 44 heavy (non-hydrogen) atoms. The van der Waals surface area contributed by atoms with Crippen LogP contribution in [0.4, 0.5) is 5.69 Å². The largest absolute Gasteiger partial charge is 0.454 e. The maximum atomic E-state index is 14.0. The van der Waals surface area contributed by atoms with E-state index >= 15 is 0 Å². The van der Waals surface area contributed by atoms with Gasteiger partial charge in [0.1, 0.15) is 6.04 Å². The number of anilines is 1. The van der Waals surface area contributed by atoms with Gasteiger partial charge in [-0.15, -0.1) is 0 Å². The highest BCUT2D eigenvalue weighted by atomic mass is 35.5. The number of carbonyl (C=O) groups excluding carboxylic acids is 2. The molecule has 1 atom stereocenters. The van der Waals surface area contributed by atoms with Crippen LogP contribution < -0.4 is 19.1 Å². The number of amides is 2. The Morgan fingerprint density at radius 2 is 1.73 bits per heavy atom. The fourth-order valence-corrected chi connectivity index (χ4v) is 6.36. The molecule has 4 rings (SSSR count). The lowest BCUT2D eigenvalue weighted by Gasteiger charge is -2.32. The molecule has 1 aliphatic rings. The number of carbonyl (C=O) groups is 2. The molecule has 0 saturated carbocycles. The number of nitrogens with zero attached hydrogens (tertiary/aromatic N) is 2. The predicted molar refractivity (Wildman–Crippen MR) is 173 cm³/mol. The molecule has 1 N–H and O–H groups in total. The zero-order valence-corrected chi connectivity index (χ0v) is 27.1. The summed E-state index contributed by atoms with van der Waals surface area (Å²) in [6.45, 7) is 2.71. The SMILES string of the molecule is CCCCNC(=O)C(Cc1ccccc1)N(Cc1ccc(Cl)cc1Cl)C(=O)CCCN(c1ccc2c(c1)OCO2)S(C)(=O)=O. The van der Waals surface area contributed by atoms with Crippen molar-refractivity contribution in [2.24, 2.45) is 0 Å². The summed E-state index contributed by atoms with van der Waals surface area (Å²) in [6, 6.07) is 18.6. The van der Waals surface area contributed by atoms with Crippen LogP contribution in [0, 0.1) is 0 Å². The summed E-state index contributed by atoms with van der Waals surface area (Å²) >= 11 is 12.6. The van der Waals surface area contributed by atoms with Gasteiger partial charge >= 0.3 is 0 Å². The van der Waals surface area contributed by atoms with Crippen LogP contribution in [0.25, 0.3) is 0 Å². The molecule has 3 aromatic rings. The van der Waals surface area contributed by atoms with Crippen molar-refractivity contribution in [1.82, 2.24) is 10.2 Å². The van der Waals surface area contributed by atoms with E-state index in [9.17, 15) is 18.0 Å². The second-order valence-corrected chi connectivity index (χ2v) is 13.3. The highest BCUT2D eigenvalue weighted by Crippen LogP contribution is 2.36. The van der Waals surface area contributed by atoms with Crippen molar-refractivity contribution in [2.75, 3.05) is 30.4 Å². The first-order valence-corrected chi connectivity index (χ1v) is 17.1. The van der Waals surface area contributed by atoms with Crippen LogP contribution in [-0.2, 0) is 32.6 Å². The monoisotopic (exact) mass is 661 g/mol. The third-order valence-electron chi connectivity index (χ3n) is 7.25. The van der Waals surface area contributed by atoms with Crippen LogP contribution in [0.3, 0.4) is 0 Å². The molecule has 0 radical (unpaired) electrons. The van der Waals surface area contributed by atoms with Gasteiger partial charge in [0.05, 0.1) is 11.9 Å². The minimum atomic E-state index is -3.68. The van der Waals surface area contributed by atoms with Crippen molar-refractivity contribution >= 4 is 50.7 Å². The third kappa shape index (κ3) is 9.03. The molecule has 0 saturated heterocycles. The van der Waals surface area contributed by atoms with E-state index in [1.54, 1.807) is 36.4 Å². The van der Waals surface area contributed by atoms with Crippen molar-refractivity contribution in [3.05, 3.63) is 87.9 Å². The van der Waals surface area contributed by atoms with Crippen molar-refractivity contribution in [2.45, 2.75) is 51.6 Å². The quantitative estimate of drug-likeness (QED) is 0.206. The Bertz CT molecular complexity index is 1550. The zero-order valence-electron chi connectivity index (χ0n) is 24.8. The highest BCUT2D eigenvalue weighted by Gasteiger charge is 2.31. The molecule has 0 bridgehead atoms. The molecule has 1 aliphatic heterocycles. The molecule has 3 aromatic carbocycles. The number of ether oxygens (including phenoxy) is 2. The van der Waals surface area contributed by atoms with Gasteiger partial charge in [0, 0.05) is 48.6 Å². The lowest BCUT2D eigenvalue weighted by molar-refractivity contribution is -0.141. The average Bonchev–Trinajstić information content (AvgIpc) is 3.46. The van der Waals surface area contributed by atoms with Gasteiger partial charge in [-0.3, -0.25) is 13.9 Å². The van der Waals surface area contributed by atoms with Gasteiger partial charge < -0.3 is 19.7 Å². The van der Waals surface area contributed by atoms with E-state index in [1.807, 2.05) is 37.3 Å². The van der Waals surface area contributed by atoms with Gasteiger partial charge in [-0.05, 0) is 48.2 Å². The van der Waals surface area contributed by atoms with Gasteiger partial charge in [0.15, 0.2) is 11.5 Å². The first-order chi connectivity index (χ1) is 21.1. The Morgan fingerprint density at radius 3 is 2.43 bits per heavy atom. The van der Waals surface area contributed by atoms with E-state index in [1.165, 1.54) is 9.21 Å². The maximum Gasteiger partial charge on any atom is 0.243 e. The van der Waals surface area contributed by atoms with Crippen LogP contribution in [0.15, 0.2) is 66.7 Å². The average molecular weight is 663 g/mol. The normalized spacial score (nSPS) is 12.9. The molecular weight excluding hydrogens is 625 g/mol. The molecule has 236 valence electrons. The van der Waals surface area contributed by atoms with Crippen LogP contribution >= 0.6 is 23.2 Å². The van der Waals surface area contributed by atoms with Crippen LogP contribution in [0.2, 0.25) is 10.0 Å². The molecule has 12 heteroatoms. The Morgan fingerprint density at radius 1 is 0.977 bits per heavy atom. The topological polar surface area (TPSA) is 105 Å². The van der Waals surface area contributed by atoms with Crippen molar-refractivity contribution < 1.29 is 27.5 Å². The van der Waals surface area contributed by atoms with Crippen LogP contribution in [0.5, 0.6) is 11.5 Å². The summed E-state index contributed by atoms with van der Waals surface area (Å²) in [5, 5.41) is 3.83. The molecule has 0 fully saturated rings. The Kier molecular flexibility index (Phi) is 11.8. The smallest absolute Gasteiger partial charge is 0.243 e. The van der Waals surface area contributed by atoms with Crippen molar-refractivity contribution in [3.8, 4) is 11.5 Å². The first-order valence-electron chi connectivity index (χ1n) is 14.5. The molecule has 0 aliphatic carbocycles. The molecule has 9 nitrogen and oxygen atoms in total. The van der Waals surface area contributed by atoms with E-state index < -0.39 is 16.1 Å². The zero-order chi connectivity index (χ0) is 31.7. The maximum absolute atomic E-state index is 14.0. The van der Waals surface area contributed by atoms with E-state index in [0.717, 1.165) is 24.7 Å². The van der Waals surface area contributed by atoms with Gasteiger partial charge in [-0.2, -0.15) is 0 Å². The summed E-state index contributed by atoms with van der Waals surface area (Å²) in [5.41, 5.74) is 1.95. The van der Waals surface area contributed by atoms with E-state index in [2.05, 4.69) is 5.32 Å². The van der Waals surface area contributed by atoms with E-state index in [4.69, 9.17) is 32.7 Å². The van der Waals surface area contributed by atoms with Crippen molar-refractivity contribution in [1.29, 1.82) is 0 Å². The number of fused-ring (bicyclic) bond motifs is 1. The summed E-state index contributed by atoms with van der Waals surface area (Å²) in [7, 11) is -3.68. The van der Waals surface area contributed by atoms with Crippen molar-refractivity contribution in [3.63, 3.8) is 0 Å². The number of sulfonamides is 1. The molecular formula is C32H37Cl2N3O6S. The molecule has 0 spiro atoms. The Labute approximate surface area is 269 Å². The number of hydrogen-bond acceptors (Lipinski definition) is 6. The highest BCUT2D eigenvalue weighted by molar-refractivity contribution is 7.92. The molecule has 1 unspecified atom stereocenters. The van der Waals surface area contributed by atoms with Crippen LogP contribution in [-0.4, -0.2) is 57.3 Å². The molecule has 1 heterocycles. The van der Waals surface area contributed by atoms with Gasteiger partial charge in [0.25, 0.3) is 0 Å². The number of hydrogen-bond donors (Lipinski definition) is 1. The van der Waals surface area contributed by atoms with E-state index in [-0.39, 0.29) is 44.5 Å². The summed E-state index contributed by atoms with van der Waals surface area (Å²) in [4.78, 5) is 29.1. The second-order valence-electron chi connectivity index (χ2n) is 10.6. The number of unbranched alkanes of at least 4 members (excludes halogenated alkanes) is 1. The fraction of sp³-hybridized carbons (Fsp3) is 0.375. The summed E-state index contributed by atoms with van der Waals surface area (Å²) in [6.07, 6.45) is 3.33. The number of benzene rings is 3. The van der Waals surface area contributed by atoms with Crippen LogP contribution in [0.1, 0.15) is 43.7 Å². The van der Waals surface area contributed by atoms with Gasteiger partial charge in [-0.1, -0.05) is 72.9 Å². The Hall–Kier alpha value is -3.47. The number of rotatable bonds is 15. The lowest BCUT2D eigenvalue weighted by atomic mass is 10.0.